The first-order chi connectivity index (χ1) is 45.4. The summed E-state index contributed by atoms with van der Waals surface area (Å²) in [5.74, 6) is 0. The van der Waals surface area contributed by atoms with Crippen LogP contribution in [0.3, 0.4) is 0 Å². The maximum atomic E-state index is 9.75. The van der Waals surface area contributed by atoms with Crippen LogP contribution in [0.2, 0.25) is 0 Å². The van der Waals surface area contributed by atoms with Gasteiger partial charge in [-0.3, -0.25) is 39.7 Å². The Balaban J connectivity index is 0. The van der Waals surface area contributed by atoms with Gasteiger partial charge in [-0.1, -0.05) is 36.4 Å². The molecule has 6 aromatic rings. The molecule has 540 valence electrons. The molecule has 0 aromatic carbocycles. The molecular formula is C56H74B4F16N18P2Pd2+2. The molecule has 0 atom stereocenters. The molecule has 6 aliphatic heterocycles. The number of hydrogen-bond acceptors (Lipinski definition) is 18. The fourth-order valence-corrected chi connectivity index (χ4v) is 15.1. The molecule has 0 spiro atoms. The minimum Gasteiger partial charge on any atom is -0.418 e. The molecule has 12 rings (SSSR count). The molecule has 18 nitrogen and oxygen atoms in total. The van der Waals surface area contributed by atoms with Crippen LogP contribution in [0.5, 0.6) is 0 Å². The van der Waals surface area contributed by atoms with Crippen molar-refractivity contribution < 1.29 is 110 Å². The number of pyridine rings is 6. The number of aromatic nitrogens is 6. The van der Waals surface area contributed by atoms with Gasteiger partial charge in [-0.2, -0.15) is 21.0 Å². The van der Waals surface area contributed by atoms with Crippen molar-refractivity contribution in [3.63, 3.8) is 0 Å². The SMILES string of the molecule is CC#N.CC#N.CC#N.CC#N.F[B-](F)(F)F.F[B-](F)(F)F.F[B-](F)(F)F.F[B-](F)(F)F.[Pd+2].[Pd+2].c1ccc(CN2CCN3CCN(Cc4ccccn4)[PH+]2N(Cc2ccccn2)CC3)nc1.c1ccc(CN2CCN3CCN(Cc4ccccn4)[PH+]2N(Cc2ccccn2)CC3)nc1. The second-order valence-electron chi connectivity index (χ2n) is 19.6. The number of hydrogen-bond donors (Lipinski definition) is 0. The molecule has 98 heavy (non-hydrogen) atoms. The van der Waals surface area contributed by atoms with Crippen LogP contribution < -0.4 is 0 Å². The summed E-state index contributed by atoms with van der Waals surface area (Å²) in [5, 5.41) is 29.3. The summed E-state index contributed by atoms with van der Waals surface area (Å²) in [4.78, 5) is 33.1. The third-order valence-electron chi connectivity index (χ3n) is 12.3. The van der Waals surface area contributed by atoms with Crippen molar-refractivity contribution in [3.05, 3.63) is 181 Å². The first-order valence-electron chi connectivity index (χ1n) is 29.2. The molecule has 0 amide bonds. The van der Waals surface area contributed by atoms with E-state index in [0.717, 1.165) is 152 Å². The summed E-state index contributed by atoms with van der Waals surface area (Å²) in [6.07, 6.45) is 11.4. The van der Waals surface area contributed by atoms with Crippen molar-refractivity contribution in [1.82, 2.24) is 67.7 Å². The van der Waals surface area contributed by atoms with Crippen molar-refractivity contribution in [2.24, 2.45) is 0 Å². The number of nitrogens with zero attached hydrogens (tertiary/aromatic N) is 18. The predicted molar refractivity (Wildman–Crippen MR) is 343 cm³/mol. The van der Waals surface area contributed by atoms with Gasteiger partial charge in [-0.15, -0.1) is 28.0 Å². The van der Waals surface area contributed by atoms with E-state index in [1.807, 2.05) is 73.6 Å². The second kappa shape index (κ2) is 52.8. The van der Waals surface area contributed by atoms with Crippen LogP contribution in [-0.4, -0.2) is 175 Å². The van der Waals surface area contributed by atoms with E-state index in [1.165, 1.54) is 27.7 Å². The molecule has 0 N–H and O–H groups in total. The minimum atomic E-state index is -6.00. The Morgan fingerprint density at radius 3 is 0.510 bits per heavy atom. The molecule has 12 heterocycles. The summed E-state index contributed by atoms with van der Waals surface area (Å²) in [6.45, 7) is 24.0. The van der Waals surface area contributed by atoms with Crippen LogP contribution in [0.25, 0.3) is 0 Å². The standard InChI is InChI=1S/2C24H30N7P.4C2H3N.4BF4.2Pd/c2*1-4-10-25-22(7-1)19-29-16-13-28-14-17-30(20-23-8-2-5-11-26-23)32(29)31(18-15-28)21-24-9-3-6-12-27-24;4*1-2-3;4*2-1(3,4)5;;/h2*1-12H,13-21H2;4*1H3;;;;;;/q;;;;;;4*-1;2*+2/p+2. The third-order valence-corrected chi connectivity index (χ3v) is 18.0. The van der Waals surface area contributed by atoms with Gasteiger partial charge in [0, 0.05) is 143 Å². The Bertz CT molecular complexity index is 2600. The van der Waals surface area contributed by atoms with Crippen molar-refractivity contribution >= 4 is 45.8 Å². The van der Waals surface area contributed by atoms with E-state index in [0.29, 0.717) is 0 Å². The Kier molecular flexibility index (Phi) is 50.6. The molecule has 6 fully saturated rings. The van der Waals surface area contributed by atoms with E-state index in [4.69, 9.17) is 21.0 Å². The van der Waals surface area contributed by atoms with Gasteiger partial charge >= 0.3 is 69.9 Å². The van der Waals surface area contributed by atoms with E-state index in [1.54, 1.807) is 24.3 Å². The summed E-state index contributed by atoms with van der Waals surface area (Å²) in [6, 6.07) is 44.4. The Hall–Kier alpha value is -6.14. The number of rotatable bonds is 12. The summed E-state index contributed by atoms with van der Waals surface area (Å²) >= 11 is 0. The van der Waals surface area contributed by atoms with Gasteiger partial charge in [-0.05, 0) is 72.8 Å². The van der Waals surface area contributed by atoms with Crippen LogP contribution in [0.15, 0.2) is 146 Å². The topological polar surface area (TPSA) is 198 Å². The van der Waals surface area contributed by atoms with E-state index >= 15 is 0 Å². The summed E-state index contributed by atoms with van der Waals surface area (Å²) < 4.78 is 172. The van der Waals surface area contributed by atoms with E-state index < -0.39 is 45.8 Å². The van der Waals surface area contributed by atoms with Crippen LogP contribution in [0.4, 0.5) is 69.1 Å². The molecule has 6 aliphatic rings. The third kappa shape index (κ3) is 49.4. The molecule has 4 bridgehead atoms. The van der Waals surface area contributed by atoms with Crippen LogP contribution in [-0.2, 0) is 80.1 Å². The van der Waals surface area contributed by atoms with Crippen molar-refractivity contribution in [1.29, 1.82) is 21.0 Å². The smallest absolute Gasteiger partial charge is 0.418 e. The minimum absolute atomic E-state index is 0. The van der Waals surface area contributed by atoms with Gasteiger partial charge in [0.2, 0.25) is 16.7 Å². The molecule has 0 radical (unpaired) electrons. The number of halogens is 16. The van der Waals surface area contributed by atoms with Crippen molar-refractivity contribution in [2.75, 3.05) is 78.5 Å². The fraction of sp³-hybridized carbons (Fsp3) is 0.393. The monoisotopic (exact) mass is 1620 g/mol. The van der Waals surface area contributed by atoms with E-state index in [2.05, 4.69) is 141 Å². The molecule has 6 saturated heterocycles. The Labute approximate surface area is 591 Å². The maximum Gasteiger partial charge on any atom is 2.00 e. The first-order valence-corrected chi connectivity index (χ1v) is 31.8. The second-order valence-corrected chi connectivity index (χ2v) is 24.6. The van der Waals surface area contributed by atoms with E-state index in [9.17, 15) is 69.1 Å². The zero-order valence-corrected chi connectivity index (χ0v) is 58.7. The van der Waals surface area contributed by atoms with Gasteiger partial charge in [0.15, 0.2) is 0 Å². The average molecular weight is 1620 g/mol. The normalized spacial score (nSPS) is 17.7. The molecular weight excluding hydrogens is 1550 g/mol. The maximum absolute atomic E-state index is 9.75. The van der Waals surface area contributed by atoms with Gasteiger partial charge in [0.05, 0.1) is 97.7 Å². The first kappa shape index (κ1) is 93.9. The zero-order valence-electron chi connectivity index (χ0n) is 53.6. The molecule has 0 unspecified atom stereocenters. The van der Waals surface area contributed by atoms with Crippen LogP contribution in [0, 0.1) is 45.3 Å². The molecule has 42 heteroatoms. The summed E-state index contributed by atoms with van der Waals surface area (Å²) in [7, 11) is -26.3. The molecule has 0 aliphatic carbocycles. The van der Waals surface area contributed by atoms with Gasteiger partial charge in [-0.25, -0.2) is 0 Å². The Morgan fingerprint density at radius 1 is 0.286 bits per heavy atom. The predicted octanol–water partition coefficient (Wildman–Crippen LogP) is 13.2. The molecule has 6 aromatic heterocycles. The fourth-order valence-electron chi connectivity index (χ4n) is 9.07. The van der Waals surface area contributed by atoms with Gasteiger partial charge in [0.25, 0.3) is 0 Å². The van der Waals surface area contributed by atoms with Gasteiger partial charge in [0.1, 0.15) is 0 Å². The molecule has 0 saturated carbocycles. The zero-order chi connectivity index (χ0) is 72.0. The number of nitriles is 4. The van der Waals surface area contributed by atoms with E-state index in [-0.39, 0.29) is 40.8 Å². The van der Waals surface area contributed by atoms with Crippen LogP contribution >= 0.6 is 16.7 Å². The van der Waals surface area contributed by atoms with Crippen LogP contribution in [0.1, 0.15) is 61.9 Å². The van der Waals surface area contributed by atoms with Crippen molar-refractivity contribution in [3.8, 4) is 24.3 Å². The quantitative estimate of drug-likeness (QED) is 0.0636. The van der Waals surface area contributed by atoms with Gasteiger partial charge < -0.3 is 69.1 Å². The Morgan fingerprint density at radius 2 is 0.408 bits per heavy atom. The summed E-state index contributed by atoms with van der Waals surface area (Å²) in [5.41, 5.74) is 6.82. The number of fused-ring (bicyclic) bond motifs is 12. The average Bonchev–Trinajstić information content (AvgIpc) is 0.807. The van der Waals surface area contributed by atoms with Crippen molar-refractivity contribution in [2.45, 2.75) is 67.0 Å². The largest absolute Gasteiger partial charge is 2.00 e.